The molecule has 0 saturated heterocycles. The van der Waals surface area contributed by atoms with Crippen molar-refractivity contribution in [3.05, 3.63) is 64.1 Å². The first-order chi connectivity index (χ1) is 14.7. The lowest BCUT2D eigenvalue weighted by atomic mass is 10.2. The van der Waals surface area contributed by atoms with Crippen molar-refractivity contribution < 1.29 is 22.7 Å². The third kappa shape index (κ3) is 5.82. The van der Waals surface area contributed by atoms with Gasteiger partial charge >= 0.3 is 5.97 Å². The molecule has 0 atom stereocenters. The van der Waals surface area contributed by atoms with Crippen LogP contribution in [-0.2, 0) is 21.4 Å². The van der Waals surface area contributed by atoms with Crippen molar-refractivity contribution in [2.45, 2.75) is 31.4 Å². The lowest BCUT2D eigenvalue weighted by Gasteiger charge is -2.14. The van der Waals surface area contributed by atoms with Gasteiger partial charge in [0.1, 0.15) is 22.3 Å². The van der Waals surface area contributed by atoms with E-state index in [4.69, 9.17) is 21.1 Å². The van der Waals surface area contributed by atoms with Crippen LogP contribution in [0.25, 0.3) is 10.6 Å². The van der Waals surface area contributed by atoms with Crippen molar-refractivity contribution in [1.82, 2.24) is 9.71 Å². The van der Waals surface area contributed by atoms with E-state index in [9.17, 15) is 13.2 Å². The summed E-state index contributed by atoms with van der Waals surface area (Å²) in [4.78, 5) is 16.9. The van der Waals surface area contributed by atoms with Gasteiger partial charge in [0.2, 0.25) is 10.0 Å². The molecule has 0 spiro atoms. The number of carbonyl (C=O) groups excluding carboxylic acids is 1. The zero-order valence-electron chi connectivity index (χ0n) is 17.1. The zero-order chi connectivity index (χ0) is 22.6. The van der Waals surface area contributed by atoms with Crippen molar-refractivity contribution in [1.29, 1.82) is 0 Å². The van der Waals surface area contributed by atoms with Crippen LogP contribution in [0.2, 0.25) is 5.02 Å². The van der Waals surface area contributed by atoms with Crippen molar-refractivity contribution in [2.24, 2.45) is 0 Å². The fraction of sp³-hybridized carbons (Fsp3) is 0.238. The Balaban J connectivity index is 1.74. The summed E-state index contributed by atoms with van der Waals surface area (Å²) in [5.41, 5.74) is 1.60. The Morgan fingerprint density at radius 1 is 1.19 bits per heavy atom. The number of halogens is 1. The van der Waals surface area contributed by atoms with Crippen LogP contribution in [0.15, 0.2) is 52.7 Å². The van der Waals surface area contributed by atoms with Gasteiger partial charge in [0.25, 0.3) is 0 Å². The van der Waals surface area contributed by atoms with E-state index in [1.807, 2.05) is 12.1 Å². The summed E-state index contributed by atoms with van der Waals surface area (Å²) in [6.45, 7) is 3.36. The molecule has 0 fully saturated rings. The number of methoxy groups -OCH3 is 1. The van der Waals surface area contributed by atoms with Crippen LogP contribution in [-0.4, -0.2) is 32.5 Å². The number of hydrogen-bond donors (Lipinski definition) is 1. The van der Waals surface area contributed by atoms with Gasteiger partial charge in [0, 0.05) is 22.0 Å². The molecular weight excluding hydrogens is 460 g/mol. The lowest BCUT2D eigenvalue weighted by Crippen LogP contribution is -2.30. The number of aromatic nitrogens is 1. The smallest absolute Gasteiger partial charge is 0.338 e. The molecule has 0 unspecified atom stereocenters. The maximum Gasteiger partial charge on any atom is 0.338 e. The number of thiazole rings is 1. The fourth-order valence-corrected chi connectivity index (χ4v) is 5.09. The van der Waals surface area contributed by atoms with E-state index in [1.165, 1.54) is 36.6 Å². The highest BCUT2D eigenvalue weighted by atomic mass is 35.5. The Labute approximate surface area is 190 Å². The monoisotopic (exact) mass is 480 g/mol. The quantitative estimate of drug-likeness (QED) is 0.476. The summed E-state index contributed by atoms with van der Waals surface area (Å²) in [5, 5.41) is 3.22. The first kappa shape index (κ1) is 23.2. The van der Waals surface area contributed by atoms with Crippen molar-refractivity contribution in [3.8, 4) is 16.3 Å². The SMILES string of the molecule is COc1ccc(C(=O)OCc2csc(-c3ccc(Cl)cc3)n2)cc1S(=O)(=O)NC(C)C. The van der Waals surface area contributed by atoms with Gasteiger partial charge in [-0.1, -0.05) is 23.7 Å². The minimum Gasteiger partial charge on any atom is -0.495 e. The molecule has 10 heteroatoms. The van der Waals surface area contributed by atoms with E-state index in [0.717, 1.165) is 10.6 Å². The first-order valence-electron chi connectivity index (χ1n) is 9.27. The van der Waals surface area contributed by atoms with Crippen LogP contribution in [0.3, 0.4) is 0 Å². The maximum absolute atomic E-state index is 12.6. The molecule has 3 rings (SSSR count). The third-order valence-electron chi connectivity index (χ3n) is 4.07. The highest BCUT2D eigenvalue weighted by molar-refractivity contribution is 7.89. The molecular formula is C21H21ClN2O5S2. The highest BCUT2D eigenvalue weighted by Crippen LogP contribution is 2.27. The number of rotatable bonds is 8. The Kier molecular flexibility index (Phi) is 7.32. The number of sulfonamides is 1. The third-order valence-corrected chi connectivity index (χ3v) is 6.95. The van der Waals surface area contributed by atoms with Gasteiger partial charge in [-0.15, -0.1) is 11.3 Å². The summed E-state index contributed by atoms with van der Waals surface area (Å²) in [7, 11) is -2.50. The van der Waals surface area contributed by atoms with E-state index in [1.54, 1.807) is 31.4 Å². The second kappa shape index (κ2) is 9.78. The van der Waals surface area contributed by atoms with E-state index >= 15 is 0 Å². The van der Waals surface area contributed by atoms with Crippen LogP contribution in [0.4, 0.5) is 0 Å². The molecule has 0 aliphatic carbocycles. The molecule has 3 aromatic rings. The minimum absolute atomic E-state index is 0.0404. The van der Waals surface area contributed by atoms with Gasteiger partial charge in [-0.25, -0.2) is 22.9 Å². The number of carbonyl (C=O) groups is 1. The van der Waals surface area contributed by atoms with Gasteiger partial charge < -0.3 is 9.47 Å². The van der Waals surface area contributed by atoms with Crippen LogP contribution in [0, 0.1) is 0 Å². The highest BCUT2D eigenvalue weighted by Gasteiger charge is 2.23. The summed E-state index contributed by atoms with van der Waals surface area (Å²) in [6.07, 6.45) is 0. The Bertz CT molecular complexity index is 1170. The van der Waals surface area contributed by atoms with Crippen LogP contribution >= 0.6 is 22.9 Å². The topological polar surface area (TPSA) is 94.6 Å². The molecule has 164 valence electrons. The largest absolute Gasteiger partial charge is 0.495 e. The predicted molar refractivity (Wildman–Crippen MR) is 120 cm³/mol. The average Bonchev–Trinajstić information content (AvgIpc) is 3.20. The molecule has 31 heavy (non-hydrogen) atoms. The molecule has 7 nitrogen and oxygen atoms in total. The number of ether oxygens (including phenoxy) is 2. The average molecular weight is 481 g/mol. The normalized spacial score (nSPS) is 11.5. The summed E-state index contributed by atoms with van der Waals surface area (Å²) >= 11 is 7.33. The molecule has 0 aliphatic rings. The van der Waals surface area contributed by atoms with Crippen molar-refractivity contribution in [2.75, 3.05) is 7.11 Å². The Hall–Kier alpha value is -2.46. The molecule has 0 bridgehead atoms. The number of hydrogen-bond acceptors (Lipinski definition) is 7. The van der Waals surface area contributed by atoms with E-state index in [2.05, 4.69) is 9.71 Å². The van der Waals surface area contributed by atoms with E-state index in [0.29, 0.717) is 10.7 Å². The Morgan fingerprint density at radius 3 is 2.55 bits per heavy atom. The van der Waals surface area contributed by atoms with Gasteiger partial charge in [0.05, 0.1) is 18.4 Å². The maximum atomic E-state index is 12.6. The lowest BCUT2D eigenvalue weighted by molar-refractivity contribution is 0.0468. The Morgan fingerprint density at radius 2 is 1.90 bits per heavy atom. The fourth-order valence-electron chi connectivity index (χ4n) is 2.71. The van der Waals surface area contributed by atoms with Crippen molar-refractivity contribution >= 4 is 38.9 Å². The van der Waals surface area contributed by atoms with Gasteiger partial charge in [0.15, 0.2) is 0 Å². The van der Waals surface area contributed by atoms with Crippen LogP contribution < -0.4 is 9.46 Å². The second-order valence-electron chi connectivity index (χ2n) is 6.87. The van der Waals surface area contributed by atoms with E-state index in [-0.39, 0.29) is 28.9 Å². The summed E-state index contributed by atoms with van der Waals surface area (Å²) in [6, 6.07) is 11.1. The van der Waals surface area contributed by atoms with Crippen LogP contribution in [0.5, 0.6) is 5.75 Å². The summed E-state index contributed by atoms with van der Waals surface area (Å²) < 4.78 is 38.1. The molecule has 0 amide bonds. The van der Waals surface area contributed by atoms with Gasteiger partial charge in [-0.2, -0.15) is 0 Å². The molecule has 1 N–H and O–H groups in total. The molecule has 0 saturated carbocycles. The molecule has 2 aromatic carbocycles. The molecule has 0 radical (unpaired) electrons. The summed E-state index contributed by atoms with van der Waals surface area (Å²) in [5.74, 6) is -0.526. The number of benzene rings is 2. The van der Waals surface area contributed by atoms with Crippen LogP contribution in [0.1, 0.15) is 29.9 Å². The first-order valence-corrected chi connectivity index (χ1v) is 12.0. The number of nitrogens with one attached hydrogen (secondary N) is 1. The standard InChI is InChI=1S/C21H21ClN2O5S2/c1-13(2)24-31(26,27)19-10-15(6-9-18(19)28-3)21(25)29-11-17-12-30-20(23-17)14-4-7-16(22)8-5-14/h4-10,12-13,24H,11H2,1-3H3. The van der Waals surface area contributed by atoms with Crippen molar-refractivity contribution in [3.63, 3.8) is 0 Å². The van der Waals surface area contributed by atoms with Gasteiger partial charge in [-0.05, 0) is 44.2 Å². The zero-order valence-corrected chi connectivity index (χ0v) is 19.5. The predicted octanol–water partition coefficient (Wildman–Crippen LogP) is 4.52. The minimum atomic E-state index is -3.86. The second-order valence-corrected chi connectivity index (χ2v) is 9.85. The molecule has 1 heterocycles. The number of esters is 1. The molecule has 0 aliphatic heterocycles. The molecule has 1 aromatic heterocycles. The van der Waals surface area contributed by atoms with E-state index < -0.39 is 16.0 Å². The number of nitrogens with zero attached hydrogens (tertiary/aromatic N) is 1. The van der Waals surface area contributed by atoms with Gasteiger partial charge in [-0.3, -0.25) is 0 Å².